The quantitative estimate of drug-likeness (QED) is 0.588. The molecule has 2 rings (SSSR count). The van der Waals surface area contributed by atoms with Gasteiger partial charge < -0.3 is 9.64 Å². The summed E-state index contributed by atoms with van der Waals surface area (Å²) >= 11 is 0. The Balaban J connectivity index is 1.90. The van der Waals surface area contributed by atoms with Gasteiger partial charge in [0.05, 0.1) is 19.1 Å². The number of ether oxygens (including phenoxy) is 1. The van der Waals surface area contributed by atoms with Crippen LogP contribution in [-0.2, 0) is 6.42 Å². The summed E-state index contributed by atoms with van der Waals surface area (Å²) in [6.07, 6.45) is 3.73. The van der Waals surface area contributed by atoms with Crippen LogP contribution in [-0.4, -0.2) is 19.7 Å². The van der Waals surface area contributed by atoms with Gasteiger partial charge >= 0.3 is 0 Å². The van der Waals surface area contributed by atoms with Crippen molar-refractivity contribution in [3.63, 3.8) is 0 Å². The zero-order valence-electron chi connectivity index (χ0n) is 14.4. The second kappa shape index (κ2) is 10.3. The van der Waals surface area contributed by atoms with E-state index in [1.54, 1.807) is 0 Å². The number of hydrogen-bond donors (Lipinski definition) is 0. The number of para-hydroxylation sites is 1. The zero-order valence-corrected chi connectivity index (χ0v) is 14.4. The molecule has 0 aliphatic heterocycles. The van der Waals surface area contributed by atoms with Gasteiger partial charge in [0.15, 0.2) is 0 Å². The third kappa shape index (κ3) is 5.96. The van der Waals surface area contributed by atoms with Gasteiger partial charge in [0.2, 0.25) is 0 Å². The van der Waals surface area contributed by atoms with Crippen molar-refractivity contribution in [2.24, 2.45) is 0 Å². The van der Waals surface area contributed by atoms with E-state index in [2.05, 4.69) is 42.2 Å². The van der Waals surface area contributed by atoms with Crippen LogP contribution in [0.4, 0.5) is 5.69 Å². The lowest BCUT2D eigenvalue weighted by Crippen LogP contribution is -2.26. The Labute approximate surface area is 145 Å². The van der Waals surface area contributed by atoms with Crippen molar-refractivity contribution in [1.82, 2.24) is 0 Å². The average Bonchev–Trinajstić information content (AvgIpc) is 2.64. The smallest absolute Gasteiger partial charge is 0.119 e. The summed E-state index contributed by atoms with van der Waals surface area (Å²) in [6, 6.07) is 20.9. The molecule has 2 aromatic rings. The van der Waals surface area contributed by atoms with Crippen LogP contribution in [0.25, 0.3) is 0 Å². The lowest BCUT2D eigenvalue weighted by Gasteiger charge is -2.24. The highest BCUT2D eigenvalue weighted by Crippen LogP contribution is 2.17. The molecule has 0 aliphatic carbocycles. The molecule has 0 atom stereocenters. The van der Waals surface area contributed by atoms with Crippen LogP contribution < -0.4 is 9.64 Å². The molecule has 0 heterocycles. The summed E-state index contributed by atoms with van der Waals surface area (Å²) in [6.45, 7) is 4.61. The Kier molecular flexibility index (Phi) is 7.70. The fourth-order valence-corrected chi connectivity index (χ4v) is 2.54. The monoisotopic (exact) mass is 322 g/mol. The molecule has 0 unspecified atom stereocenters. The van der Waals surface area contributed by atoms with Crippen LogP contribution in [0.5, 0.6) is 5.75 Å². The molecule has 0 aliphatic rings. The van der Waals surface area contributed by atoms with E-state index < -0.39 is 0 Å². The fourth-order valence-electron chi connectivity index (χ4n) is 2.54. The van der Waals surface area contributed by atoms with Gasteiger partial charge in [-0.1, -0.05) is 43.7 Å². The molecule has 0 saturated heterocycles. The summed E-state index contributed by atoms with van der Waals surface area (Å²) in [7, 11) is 0. The van der Waals surface area contributed by atoms with Gasteiger partial charge in [0, 0.05) is 18.8 Å². The molecular formula is C21H26N2O. The van der Waals surface area contributed by atoms with Crippen molar-refractivity contribution in [2.45, 2.75) is 32.6 Å². The van der Waals surface area contributed by atoms with Crippen molar-refractivity contribution >= 4 is 5.69 Å². The van der Waals surface area contributed by atoms with E-state index in [1.165, 1.54) is 11.3 Å². The molecule has 0 bridgehead atoms. The second-order valence-corrected chi connectivity index (χ2v) is 5.83. The van der Waals surface area contributed by atoms with Crippen molar-refractivity contribution < 1.29 is 4.74 Å². The Morgan fingerprint density at radius 2 is 1.75 bits per heavy atom. The van der Waals surface area contributed by atoms with Gasteiger partial charge in [0.25, 0.3) is 0 Å². The first-order chi connectivity index (χ1) is 11.8. The molecular weight excluding hydrogens is 296 g/mol. The standard InChI is InChI=1S/C21H26N2O/c1-2-3-18-24-21-12-10-19(11-13-21)14-17-23(16-7-15-22)20-8-5-4-6-9-20/h4-6,8-13H,2-3,7,14,16-18H2,1H3. The second-order valence-electron chi connectivity index (χ2n) is 5.83. The number of hydrogen-bond acceptors (Lipinski definition) is 3. The summed E-state index contributed by atoms with van der Waals surface area (Å²) in [5.74, 6) is 0.941. The SMILES string of the molecule is CCCCOc1ccc(CCN(CCC#N)c2ccccc2)cc1. The topological polar surface area (TPSA) is 36.3 Å². The molecule has 24 heavy (non-hydrogen) atoms. The molecule has 0 spiro atoms. The highest BCUT2D eigenvalue weighted by atomic mass is 16.5. The average molecular weight is 322 g/mol. The summed E-state index contributed by atoms with van der Waals surface area (Å²) in [5.41, 5.74) is 2.46. The Hall–Kier alpha value is -2.47. The maximum absolute atomic E-state index is 8.88. The van der Waals surface area contributed by atoms with Gasteiger partial charge in [-0.05, 0) is 42.7 Å². The highest BCUT2D eigenvalue weighted by Gasteiger charge is 2.06. The van der Waals surface area contributed by atoms with Crippen LogP contribution in [0.2, 0.25) is 0 Å². The third-order valence-electron chi connectivity index (χ3n) is 3.98. The predicted molar refractivity (Wildman–Crippen MR) is 99.4 cm³/mol. The van der Waals surface area contributed by atoms with Crippen LogP contribution in [0.3, 0.4) is 0 Å². The highest BCUT2D eigenvalue weighted by molar-refractivity contribution is 5.46. The van der Waals surface area contributed by atoms with Crippen LogP contribution in [0.1, 0.15) is 31.7 Å². The maximum atomic E-state index is 8.88. The normalized spacial score (nSPS) is 10.2. The fraction of sp³-hybridized carbons (Fsp3) is 0.381. The number of rotatable bonds is 10. The molecule has 0 radical (unpaired) electrons. The van der Waals surface area contributed by atoms with Crippen molar-refractivity contribution in [3.8, 4) is 11.8 Å². The van der Waals surface area contributed by atoms with E-state index >= 15 is 0 Å². The van der Waals surface area contributed by atoms with E-state index in [0.717, 1.165) is 44.7 Å². The van der Waals surface area contributed by atoms with Crippen LogP contribution in [0, 0.1) is 11.3 Å². The molecule has 0 amide bonds. The first kappa shape index (κ1) is 17.9. The Bertz CT molecular complexity index is 617. The number of anilines is 1. The van der Waals surface area contributed by atoms with Gasteiger partial charge in [-0.25, -0.2) is 0 Å². The van der Waals surface area contributed by atoms with E-state index in [0.29, 0.717) is 6.42 Å². The third-order valence-corrected chi connectivity index (χ3v) is 3.98. The van der Waals surface area contributed by atoms with Gasteiger partial charge in [0.1, 0.15) is 5.75 Å². The maximum Gasteiger partial charge on any atom is 0.119 e. The van der Waals surface area contributed by atoms with E-state index in [9.17, 15) is 0 Å². The number of nitriles is 1. The number of nitrogens with zero attached hydrogens (tertiary/aromatic N) is 2. The van der Waals surface area contributed by atoms with Crippen LogP contribution in [0.15, 0.2) is 54.6 Å². The van der Waals surface area contributed by atoms with Gasteiger partial charge in [-0.15, -0.1) is 0 Å². The van der Waals surface area contributed by atoms with E-state index in [1.807, 2.05) is 30.3 Å². The summed E-state index contributed by atoms with van der Waals surface area (Å²) in [4.78, 5) is 2.27. The molecule has 0 N–H and O–H groups in total. The first-order valence-electron chi connectivity index (χ1n) is 8.72. The molecule has 3 heteroatoms. The van der Waals surface area contributed by atoms with Gasteiger partial charge in [-0.2, -0.15) is 5.26 Å². The molecule has 0 saturated carbocycles. The van der Waals surface area contributed by atoms with E-state index in [-0.39, 0.29) is 0 Å². The molecule has 3 nitrogen and oxygen atoms in total. The van der Waals surface area contributed by atoms with Crippen molar-refractivity contribution in [3.05, 3.63) is 60.2 Å². The zero-order chi connectivity index (χ0) is 17.0. The number of benzene rings is 2. The first-order valence-corrected chi connectivity index (χ1v) is 8.72. The Morgan fingerprint density at radius 1 is 1.00 bits per heavy atom. The summed E-state index contributed by atoms with van der Waals surface area (Å²) in [5, 5.41) is 8.88. The van der Waals surface area contributed by atoms with E-state index in [4.69, 9.17) is 10.00 Å². The number of unbranched alkanes of at least 4 members (excludes halogenated alkanes) is 1. The van der Waals surface area contributed by atoms with Crippen molar-refractivity contribution in [1.29, 1.82) is 5.26 Å². The minimum atomic E-state index is 0.541. The predicted octanol–water partition coefficient (Wildman–Crippen LogP) is 4.83. The lowest BCUT2D eigenvalue weighted by atomic mass is 10.1. The molecule has 2 aromatic carbocycles. The minimum absolute atomic E-state index is 0.541. The minimum Gasteiger partial charge on any atom is -0.494 e. The Morgan fingerprint density at radius 3 is 2.42 bits per heavy atom. The van der Waals surface area contributed by atoms with Gasteiger partial charge in [-0.3, -0.25) is 0 Å². The van der Waals surface area contributed by atoms with Crippen LogP contribution >= 0.6 is 0 Å². The summed E-state index contributed by atoms with van der Waals surface area (Å²) < 4.78 is 5.70. The molecule has 0 aromatic heterocycles. The molecule has 126 valence electrons. The van der Waals surface area contributed by atoms with Crippen molar-refractivity contribution in [2.75, 3.05) is 24.6 Å². The lowest BCUT2D eigenvalue weighted by molar-refractivity contribution is 0.309. The largest absolute Gasteiger partial charge is 0.494 e. The molecule has 0 fully saturated rings.